The summed E-state index contributed by atoms with van der Waals surface area (Å²) in [5.41, 5.74) is 3.87. The number of fused-ring (bicyclic) bond motifs is 1. The number of nitrogens with zero attached hydrogens (tertiary/aromatic N) is 3. The van der Waals surface area contributed by atoms with Crippen molar-refractivity contribution >= 4 is 5.95 Å². The quantitative estimate of drug-likeness (QED) is 0.862. The molecule has 1 fully saturated rings. The van der Waals surface area contributed by atoms with Gasteiger partial charge in [-0.2, -0.15) is 0 Å². The summed E-state index contributed by atoms with van der Waals surface area (Å²) in [4.78, 5) is 12.0. The summed E-state index contributed by atoms with van der Waals surface area (Å²) in [5, 5.41) is 3.42. The van der Waals surface area contributed by atoms with Crippen LogP contribution in [0.5, 0.6) is 0 Å². The lowest BCUT2D eigenvalue weighted by Gasteiger charge is -2.29. The van der Waals surface area contributed by atoms with Crippen LogP contribution in [0.25, 0.3) is 0 Å². The predicted octanol–water partition coefficient (Wildman–Crippen LogP) is 1.67. The topological polar surface area (TPSA) is 41.1 Å². The van der Waals surface area contributed by atoms with E-state index in [9.17, 15) is 0 Å². The van der Waals surface area contributed by atoms with E-state index in [1.54, 1.807) is 0 Å². The second kappa shape index (κ2) is 5.22. The molecule has 18 heavy (non-hydrogen) atoms. The Morgan fingerprint density at radius 1 is 1.17 bits per heavy atom. The van der Waals surface area contributed by atoms with Gasteiger partial charge in [-0.05, 0) is 25.7 Å². The summed E-state index contributed by atoms with van der Waals surface area (Å²) in [7, 11) is 0. The van der Waals surface area contributed by atoms with E-state index in [0.29, 0.717) is 0 Å². The van der Waals surface area contributed by atoms with Crippen LogP contribution in [-0.4, -0.2) is 29.6 Å². The maximum atomic E-state index is 4.82. The molecular weight excluding hydrogens is 224 g/mol. The molecule has 98 valence electrons. The Labute approximate surface area is 109 Å². The Morgan fingerprint density at radius 2 is 2.00 bits per heavy atom. The van der Waals surface area contributed by atoms with Gasteiger partial charge in [-0.15, -0.1) is 0 Å². The Hall–Kier alpha value is -1.16. The van der Waals surface area contributed by atoms with Gasteiger partial charge in [0.2, 0.25) is 5.95 Å². The fraction of sp³-hybridized carbons (Fsp3) is 0.714. The molecule has 0 atom stereocenters. The summed E-state index contributed by atoms with van der Waals surface area (Å²) in [6.07, 6.45) is 5.97. The van der Waals surface area contributed by atoms with Gasteiger partial charge in [0.25, 0.3) is 0 Å². The number of piperidine rings is 1. The van der Waals surface area contributed by atoms with E-state index in [0.717, 1.165) is 45.0 Å². The number of nitrogens with one attached hydrogen (secondary N) is 1. The second-order valence-corrected chi connectivity index (χ2v) is 5.22. The normalized spacial score (nSPS) is 19.7. The SMILES string of the molecule is CCc1nc(N2CCCCC2)nc2c1CNCC2. The van der Waals surface area contributed by atoms with Gasteiger partial charge in [-0.1, -0.05) is 6.92 Å². The molecule has 1 aromatic rings. The summed E-state index contributed by atoms with van der Waals surface area (Å²) in [5.74, 6) is 0.979. The minimum absolute atomic E-state index is 0.943. The molecule has 1 N–H and O–H groups in total. The van der Waals surface area contributed by atoms with Crippen molar-refractivity contribution in [3.63, 3.8) is 0 Å². The molecule has 0 spiro atoms. The molecule has 1 saturated heterocycles. The zero-order valence-corrected chi connectivity index (χ0v) is 11.2. The Bertz CT molecular complexity index is 407. The van der Waals surface area contributed by atoms with Crippen molar-refractivity contribution < 1.29 is 0 Å². The average Bonchev–Trinajstić information content (AvgIpc) is 2.47. The minimum Gasteiger partial charge on any atom is -0.341 e. The molecule has 1 aromatic heterocycles. The molecule has 2 aliphatic heterocycles. The fourth-order valence-electron chi connectivity index (χ4n) is 2.93. The Balaban J connectivity index is 1.94. The van der Waals surface area contributed by atoms with Crippen molar-refractivity contribution in [2.24, 2.45) is 0 Å². The first-order valence-corrected chi connectivity index (χ1v) is 7.23. The number of hydrogen-bond acceptors (Lipinski definition) is 4. The predicted molar refractivity (Wildman–Crippen MR) is 72.9 cm³/mol. The van der Waals surface area contributed by atoms with Crippen molar-refractivity contribution in [3.05, 3.63) is 17.0 Å². The van der Waals surface area contributed by atoms with Crippen LogP contribution in [0, 0.1) is 0 Å². The van der Waals surface area contributed by atoms with Crippen molar-refractivity contribution in [1.82, 2.24) is 15.3 Å². The van der Waals surface area contributed by atoms with Gasteiger partial charge in [-0.3, -0.25) is 0 Å². The Morgan fingerprint density at radius 3 is 2.78 bits per heavy atom. The summed E-state index contributed by atoms with van der Waals surface area (Å²) in [6.45, 7) is 6.43. The van der Waals surface area contributed by atoms with Gasteiger partial charge in [0.1, 0.15) is 0 Å². The molecule has 2 aliphatic rings. The smallest absolute Gasteiger partial charge is 0.225 e. The van der Waals surface area contributed by atoms with Gasteiger partial charge in [0.15, 0.2) is 0 Å². The van der Waals surface area contributed by atoms with Gasteiger partial charge in [0.05, 0.1) is 11.4 Å². The zero-order chi connectivity index (χ0) is 12.4. The molecular formula is C14H22N4. The van der Waals surface area contributed by atoms with Gasteiger partial charge in [0, 0.05) is 38.2 Å². The van der Waals surface area contributed by atoms with Crippen molar-refractivity contribution in [3.8, 4) is 0 Å². The molecule has 0 aromatic carbocycles. The third kappa shape index (κ3) is 2.21. The monoisotopic (exact) mass is 246 g/mol. The van der Waals surface area contributed by atoms with Crippen LogP contribution in [0.2, 0.25) is 0 Å². The van der Waals surface area contributed by atoms with Crippen LogP contribution in [-0.2, 0) is 19.4 Å². The first kappa shape index (κ1) is 11.9. The summed E-state index contributed by atoms with van der Waals surface area (Å²) >= 11 is 0. The number of rotatable bonds is 2. The fourth-order valence-corrected chi connectivity index (χ4v) is 2.93. The molecule has 0 saturated carbocycles. The highest BCUT2D eigenvalue weighted by Gasteiger charge is 2.20. The molecule has 4 heteroatoms. The van der Waals surface area contributed by atoms with E-state index in [1.807, 2.05) is 0 Å². The average molecular weight is 246 g/mol. The van der Waals surface area contributed by atoms with Crippen molar-refractivity contribution in [2.75, 3.05) is 24.5 Å². The Kier molecular flexibility index (Phi) is 3.46. The standard InChI is InChI=1S/C14H22N4/c1-2-12-11-10-15-7-6-13(11)17-14(16-12)18-8-4-3-5-9-18/h15H,2-10H2,1H3. The lowest BCUT2D eigenvalue weighted by molar-refractivity contribution is 0.560. The van der Waals surface area contributed by atoms with Crippen molar-refractivity contribution in [1.29, 1.82) is 0 Å². The third-order valence-corrected chi connectivity index (χ3v) is 3.98. The molecule has 0 radical (unpaired) electrons. The van der Waals surface area contributed by atoms with E-state index in [-0.39, 0.29) is 0 Å². The second-order valence-electron chi connectivity index (χ2n) is 5.22. The first-order chi connectivity index (χ1) is 8.88. The van der Waals surface area contributed by atoms with Crippen LogP contribution >= 0.6 is 0 Å². The number of aryl methyl sites for hydroxylation is 1. The van der Waals surface area contributed by atoms with Gasteiger partial charge < -0.3 is 10.2 Å². The van der Waals surface area contributed by atoms with E-state index < -0.39 is 0 Å². The molecule has 3 rings (SSSR count). The maximum Gasteiger partial charge on any atom is 0.225 e. The molecule has 4 nitrogen and oxygen atoms in total. The van der Waals surface area contributed by atoms with Gasteiger partial charge >= 0.3 is 0 Å². The zero-order valence-electron chi connectivity index (χ0n) is 11.2. The van der Waals surface area contributed by atoms with Crippen LogP contribution < -0.4 is 10.2 Å². The number of hydrogen-bond donors (Lipinski definition) is 1. The van der Waals surface area contributed by atoms with Crippen LogP contribution in [0.4, 0.5) is 5.95 Å². The summed E-state index contributed by atoms with van der Waals surface area (Å²) < 4.78 is 0. The lowest BCUT2D eigenvalue weighted by Crippen LogP contribution is -2.33. The van der Waals surface area contributed by atoms with E-state index in [1.165, 1.54) is 36.2 Å². The summed E-state index contributed by atoms with van der Waals surface area (Å²) in [6, 6.07) is 0. The van der Waals surface area contributed by atoms with Crippen molar-refractivity contribution in [2.45, 2.75) is 45.6 Å². The van der Waals surface area contributed by atoms with Crippen LogP contribution in [0.3, 0.4) is 0 Å². The molecule has 0 amide bonds. The van der Waals surface area contributed by atoms with E-state index in [4.69, 9.17) is 9.97 Å². The third-order valence-electron chi connectivity index (χ3n) is 3.98. The molecule has 0 aliphatic carbocycles. The highest BCUT2D eigenvalue weighted by molar-refractivity contribution is 5.38. The number of aromatic nitrogens is 2. The lowest BCUT2D eigenvalue weighted by atomic mass is 10.0. The first-order valence-electron chi connectivity index (χ1n) is 7.23. The number of anilines is 1. The van der Waals surface area contributed by atoms with E-state index in [2.05, 4.69) is 17.1 Å². The largest absolute Gasteiger partial charge is 0.341 e. The highest BCUT2D eigenvalue weighted by atomic mass is 15.3. The van der Waals surface area contributed by atoms with Crippen LogP contribution in [0.1, 0.15) is 43.1 Å². The van der Waals surface area contributed by atoms with E-state index >= 15 is 0 Å². The maximum absolute atomic E-state index is 4.82. The highest BCUT2D eigenvalue weighted by Crippen LogP contribution is 2.22. The van der Waals surface area contributed by atoms with Crippen LogP contribution in [0.15, 0.2) is 0 Å². The molecule has 3 heterocycles. The molecule has 0 bridgehead atoms. The molecule has 0 unspecified atom stereocenters. The van der Waals surface area contributed by atoms with Gasteiger partial charge in [-0.25, -0.2) is 9.97 Å². The minimum atomic E-state index is 0.943.